The fourth-order valence-corrected chi connectivity index (χ4v) is 2.72. The van der Waals surface area contributed by atoms with Crippen molar-refractivity contribution in [1.82, 2.24) is 15.6 Å². The number of amides is 1. The first-order valence-corrected chi connectivity index (χ1v) is 8.66. The first-order valence-electron chi connectivity index (χ1n) is 7.87. The number of aromatic nitrogens is 2. The molecule has 0 radical (unpaired) electrons. The Bertz CT molecular complexity index is 948. The molecule has 0 aliphatic rings. The summed E-state index contributed by atoms with van der Waals surface area (Å²) in [5.41, 5.74) is 6.06. The molecule has 0 aliphatic heterocycles. The van der Waals surface area contributed by atoms with Gasteiger partial charge in [-0.15, -0.1) is 0 Å². The van der Waals surface area contributed by atoms with Crippen molar-refractivity contribution in [3.8, 4) is 17.0 Å². The second-order valence-corrected chi connectivity index (χ2v) is 6.46. The Morgan fingerprint density at radius 3 is 2.65 bits per heavy atom. The van der Waals surface area contributed by atoms with E-state index in [-0.39, 0.29) is 5.91 Å². The van der Waals surface area contributed by atoms with Gasteiger partial charge in [0, 0.05) is 10.0 Å². The van der Waals surface area contributed by atoms with Gasteiger partial charge in [-0.05, 0) is 55.0 Å². The third-order valence-electron chi connectivity index (χ3n) is 3.78. The number of halogens is 1. The van der Waals surface area contributed by atoms with E-state index in [4.69, 9.17) is 4.74 Å². The lowest BCUT2D eigenvalue weighted by Crippen LogP contribution is -2.19. The Hall–Kier alpha value is -2.93. The molecule has 26 heavy (non-hydrogen) atoms. The third-order valence-corrected chi connectivity index (χ3v) is 4.27. The van der Waals surface area contributed by atoms with E-state index >= 15 is 0 Å². The summed E-state index contributed by atoms with van der Waals surface area (Å²) in [6.07, 6.45) is 0. The van der Waals surface area contributed by atoms with Crippen LogP contribution >= 0.6 is 15.9 Å². The summed E-state index contributed by atoms with van der Waals surface area (Å²) in [5, 5.41) is 11.1. The average molecular weight is 413 g/mol. The normalized spacial score (nSPS) is 11.3. The molecule has 0 bridgehead atoms. The molecule has 2 aromatic carbocycles. The van der Waals surface area contributed by atoms with Crippen molar-refractivity contribution >= 4 is 27.5 Å². The lowest BCUT2D eigenvalue weighted by atomic mass is 10.1. The monoisotopic (exact) mass is 412 g/mol. The number of rotatable bonds is 5. The number of ether oxygens (including phenoxy) is 1. The molecule has 0 aliphatic carbocycles. The van der Waals surface area contributed by atoms with Crippen molar-refractivity contribution in [3.05, 3.63) is 70.3 Å². The predicted octanol–water partition coefficient (Wildman–Crippen LogP) is 4.00. The number of nitrogens with zero attached hydrogens (tertiary/aromatic N) is 2. The van der Waals surface area contributed by atoms with Gasteiger partial charge in [0.2, 0.25) is 0 Å². The number of H-pyrrole nitrogens is 1. The van der Waals surface area contributed by atoms with Crippen LogP contribution in [0, 0.1) is 0 Å². The lowest BCUT2D eigenvalue weighted by Gasteiger charge is -2.02. The highest BCUT2D eigenvalue weighted by atomic mass is 79.9. The molecular formula is C19H17BrN4O2. The van der Waals surface area contributed by atoms with Crippen molar-refractivity contribution in [2.45, 2.75) is 6.92 Å². The molecule has 3 aromatic rings. The highest BCUT2D eigenvalue weighted by molar-refractivity contribution is 9.10. The van der Waals surface area contributed by atoms with E-state index in [2.05, 4.69) is 36.7 Å². The van der Waals surface area contributed by atoms with Crippen molar-refractivity contribution in [2.24, 2.45) is 5.10 Å². The Morgan fingerprint density at radius 1 is 1.19 bits per heavy atom. The first-order chi connectivity index (χ1) is 12.6. The van der Waals surface area contributed by atoms with Gasteiger partial charge >= 0.3 is 0 Å². The van der Waals surface area contributed by atoms with Crippen LogP contribution in [0.5, 0.6) is 5.75 Å². The number of carbonyl (C=O) groups excluding carboxylic acids is 1. The van der Waals surface area contributed by atoms with Crippen LogP contribution < -0.4 is 10.2 Å². The summed E-state index contributed by atoms with van der Waals surface area (Å²) >= 11 is 3.42. The maximum atomic E-state index is 12.3. The summed E-state index contributed by atoms with van der Waals surface area (Å²) in [4.78, 5) is 12.3. The van der Waals surface area contributed by atoms with Crippen LogP contribution in [0.15, 0.2) is 64.2 Å². The van der Waals surface area contributed by atoms with Crippen LogP contribution in [0.4, 0.5) is 0 Å². The number of benzene rings is 2. The van der Waals surface area contributed by atoms with E-state index in [1.807, 2.05) is 55.5 Å². The number of hydrogen-bond donors (Lipinski definition) is 2. The van der Waals surface area contributed by atoms with Crippen LogP contribution in [0.3, 0.4) is 0 Å². The maximum absolute atomic E-state index is 12.3. The average Bonchev–Trinajstić information content (AvgIpc) is 3.16. The minimum absolute atomic E-state index is 0.335. The van der Waals surface area contributed by atoms with Gasteiger partial charge in [0.25, 0.3) is 5.91 Å². The van der Waals surface area contributed by atoms with Crippen LogP contribution in [-0.2, 0) is 0 Å². The van der Waals surface area contributed by atoms with Crippen LogP contribution in [0.2, 0.25) is 0 Å². The van der Waals surface area contributed by atoms with Crippen molar-refractivity contribution in [1.29, 1.82) is 0 Å². The van der Waals surface area contributed by atoms with Crippen molar-refractivity contribution in [3.63, 3.8) is 0 Å². The fourth-order valence-electron chi connectivity index (χ4n) is 2.32. The molecule has 0 spiro atoms. The van der Waals surface area contributed by atoms with Crippen LogP contribution in [-0.4, -0.2) is 28.9 Å². The number of hydrazone groups is 1. The molecule has 0 saturated heterocycles. The molecule has 132 valence electrons. The maximum Gasteiger partial charge on any atom is 0.289 e. The Kier molecular flexibility index (Phi) is 5.48. The molecule has 1 heterocycles. The highest BCUT2D eigenvalue weighted by Crippen LogP contribution is 2.21. The largest absolute Gasteiger partial charge is 0.497 e. The molecule has 0 atom stereocenters. The van der Waals surface area contributed by atoms with E-state index in [1.54, 1.807) is 13.2 Å². The zero-order chi connectivity index (χ0) is 18.5. The van der Waals surface area contributed by atoms with E-state index in [9.17, 15) is 4.79 Å². The summed E-state index contributed by atoms with van der Waals surface area (Å²) in [5.74, 6) is 0.409. The topological polar surface area (TPSA) is 79.4 Å². The summed E-state index contributed by atoms with van der Waals surface area (Å²) in [7, 11) is 1.61. The van der Waals surface area contributed by atoms with Gasteiger partial charge in [0.1, 0.15) is 11.4 Å². The molecule has 3 rings (SSSR count). The summed E-state index contributed by atoms with van der Waals surface area (Å²) in [6, 6.07) is 16.8. The van der Waals surface area contributed by atoms with E-state index < -0.39 is 0 Å². The van der Waals surface area contributed by atoms with Gasteiger partial charge in [0.15, 0.2) is 0 Å². The molecule has 0 unspecified atom stereocenters. The van der Waals surface area contributed by atoms with Crippen molar-refractivity contribution in [2.75, 3.05) is 7.11 Å². The van der Waals surface area contributed by atoms with Gasteiger partial charge in [-0.1, -0.05) is 28.1 Å². The molecule has 6 nitrogen and oxygen atoms in total. The van der Waals surface area contributed by atoms with Gasteiger partial charge < -0.3 is 4.74 Å². The Balaban J connectivity index is 1.70. The van der Waals surface area contributed by atoms with Crippen LogP contribution in [0.1, 0.15) is 23.0 Å². The molecule has 2 N–H and O–H groups in total. The summed E-state index contributed by atoms with van der Waals surface area (Å²) < 4.78 is 6.09. The second kappa shape index (κ2) is 7.97. The Morgan fingerprint density at radius 2 is 1.96 bits per heavy atom. The smallest absolute Gasteiger partial charge is 0.289 e. The van der Waals surface area contributed by atoms with E-state index in [0.29, 0.717) is 17.1 Å². The minimum Gasteiger partial charge on any atom is -0.497 e. The number of carbonyl (C=O) groups is 1. The minimum atomic E-state index is -0.355. The van der Waals surface area contributed by atoms with Crippen molar-refractivity contribution < 1.29 is 9.53 Å². The zero-order valence-corrected chi connectivity index (χ0v) is 15.9. The van der Waals surface area contributed by atoms with Gasteiger partial charge in [-0.3, -0.25) is 9.89 Å². The molecule has 1 aromatic heterocycles. The fraction of sp³-hybridized carbons (Fsp3) is 0.105. The molecule has 0 saturated carbocycles. The SMILES string of the molecule is COc1ccc(-c2cc(C(=O)NN=C(C)c3cccc(Br)c3)[nH]n2)cc1. The quantitative estimate of drug-likeness (QED) is 0.490. The Labute approximate surface area is 159 Å². The van der Waals surface area contributed by atoms with Crippen LogP contribution in [0.25, 0.3) is 11.3 Å². The molecule has 7 heteroatoms. The van der Waals surface area contributed by atoms with Gasteiger partial charge in [-0.25, -0.2) is 5.43 Å². The summed E-state index contributed by atoms with van der Waals surface area (Å²) in [6.45, 7) is 1.83. The number of aromatic amines is 1. The molecular weight excluding hydrogens is 396 g/mol. The third kappa shape index (κ3) is 4.18. The molecule has 1 amide bonds. The van der Waals surface area contributed by atoms with E-state index in [0.717, 1.165) is 21.3 Å². The highest BCUT2D eigenvalue weighted by Gasteiger charge is 2.11. The lowest BCUT2D eigenvalue weighted by molar-refractivity contribution is 0.0950. The van der Waals surface area contributed by atoms with Gasteiger partial charge in [-0.2, -0.15) is 10.2 Å². The molecule has 0 fully saturated rings. The second-order valence-electron chi connectivity index (χ2n) is 5.54. The standard InChI is InChI=1S/C19H17BrN4O2/c1-12(14-4-3-5-15(20)10-14)21-24-19(25)18-11-17(22-23-18)13-6-8-16(26-2)9-7-13/h3-11H,1-2H3,(H,22,23)(H,24,25). The number of hydrogen-bond acceptors (Lipinski definition) is 4. The first kappa shape index (κ1) is 17.9. The van der Waals surface area contributed by atoms with Gasteiger partial charge in [0.05, 0.1) is 18.5 Å². The number of nitrogens with one attached hydrogen (secondary N) is 2. The zero-order valence-electron chi connectivity index (χ0n) is 14.3. The number of methoxy groups -OCH3 is 1. The van der Waals surface area contributed by atoms with E-state index in [1.165, 1.54) is 0 Å². The predicted molar refractivity (Wildman–Crippen MR) is 104 cm³/mol.